The second-order valence-electron chi connectivity index (χ2n) is 5.20. The number of rotatable bonds is 2. The Kier molecular flexibility index (Phi) is 6.44. The maximum absolute atomic E-state index is 8.58. The summed E-state index contributed by atoms with van der Waals surface area (Å²) in [5, 5.41) is 24.7. The first kappa shape index (κ1) is 16.8. The van der Waals surface area contributed by atoms with E-state index in [9.17, 15) is 0 Å². The van der Waals surface area contributed by atoms with Crippen molar-refractivity contribution in [2.75, 3.05) is 0 Å². The van der Waals surface area contributed by atoms with E-state index in [0.717, 1.165) is 0 Å². The van der Waals surface area contributed by atoms with E-state index in [1.165, 1.54) is 5.56 Å². The summed E-state index contributed by atoms with van der Waals surface area (Å²) in [6.45, 7) is 8.65. The van der Waals surface area contributed by atoms with Crippen LogP contribution in [0.4, 0.5) is 0 Å². The van der Waals surface area contributed by atoms with E-state index >= 15 is 0 Å². The molecule has 4 heteroatoms. The van der Waals surface area contributed by atoms with Crippen molar-refractivity contribution >= 4 is 0 Å². The molecule has 1 aromatic rings. The molecule has 1 aromatic carbocycles. The van der Waals surface area contributed by atoms with Gasteiger partial charge < -0.3 is 0 Å². The van der Waals surface area contributed by atoms with Crippen molar-refractivity contribution in [3.8, 4) is 12.1 Å². The van der Waals surface area contributed by atoms with Gasteiger partial charge in [-0.15, -0.1) is 0 Å². The Morgan fingerprint density at radius 1 is 0.842 bits per heavy atom. The smallest absolute Gasteiger partial charge is 0.162 e. The molecule has 100 valence electrons. The molecule has 0 heterocycles. The minimum Gasteiger partial charge on any atom is -0.196 e. The lowest BCUT2D eigenvalue weighted by molar-refractivity contribution is 0.541. The van der Waals surface area contributed by atoms with Gasteiger partial charge in [0.05, 0.1) is 12.1 Å². The van der Waals surface area contributed by atoms with Crippen molar-refractivity contribution in [1.82, 2.24) is 0 Å². The van der Waals surface area contributed by atoms with Gasteiger partial charge >= 0.3 is 0 Å². The topological polar surface area (TPSA) is 72.3 Å². The Morgan fingerprint density at radius 3 is 1.42 bits per heavy atom. The van der Waals surface area contributed by atoms with Gasteiger partial charge in [-0.3, -0.25) is 0 Å². The number of aryl methyl sites for hydroxylation is 1. The van der Waals surface area contributed by atoms with Gasteiger partial charge in [-0.2, -0.15) is 20.8 Å². The van der Waals surface area contributed by atoms with Gasteiger partial charge in [0.2, 0.25) is 0 Å². The zero-order valence-corrected chi connectivity index (χ0v) is 12.2. The van der Waals surface area contributed by atoms with Crippen molar-refractivity contribution in [2.45, 2.75) is 45.7 Å². The lowest BCUT2D eigenvalue weighted by atomic mass is 10.1. The highest BCUT2D eigenvalue weighted by Crippen LogP contribution is 2.13. The Hall–Kier alpha value is -2.20. The van der Waals surface area contributed by atoms with Crippen molar-refractivity contribution in [1.29, 1.82) is 10.5 Å². The van der Waals surface area contributed by atoms with Crippen LogP contribution in [0, 0.1) is 29.6 Å². The number of nitriles is 2. The fourth-order valence-electron chi connectivity index (χ4n) is 0.829. The summed E-state index contributed by atoms with van der Waals surface area (Å²) in [6, 6.07) is 14.2. The maximum atomic E-state index is 8.58. The molecule has 19 heavy (non-hydrogen) atoms. The van der Waals surface area contributed by atoms with Gasteiger partial charge in [-0.25, -0.2) is 0 Å². The Bertz CT molecular complexity index is 459. The van der Waals surface area contributed by atoms with Crippen molar-refractivity contribution in [3.05, 3.63) is 35.9 Å². The Labute approximate surface area is 115 Å². The zero-order chi connectivity index (χ0) is 14.9. The first-order chi connectivity index (χ1) is 8.72. The minimum atomic E-state index is -0.839. The van der Waals surface area contributed by atoms with Crippen LogP contribution < -0.4 is 0 Å². The van der Waals surface area contributed by atoms with E-state index < -0.39 is 11.1 Å². The van der Waals surface area contributed by atoms with E-state index in [-0.39, 0.29) is 0 Å². The molecule has 0 fully saturated rings. The van der Waals surface area contributed by atoms with E-state index in [1.807, 2.05) is 30.3 Å². The highest BCUT2D eigenvalue weighted by Gasteiger charge is 2.19. The fourth-order valence-corrected chi connectivity index (χ4v) is 0.829. The predicted octanol–water partition coefficient (Wildman–Crippen LogP) is 4.04. The van der Waals surface area contributed by atoms with Gasteiger partial charge in [0.1, 0.15) is 0 Å². The molecule has 0 spiro atoms. The maximum Gasteiger partial charge on any atom is 0.162 e. The monoisotopic (exact) mass is 256 g/mol. The predicted molar refractivity (Wildman–Crippen MR) is 75.4 cm³/mol. The Balaban J connectivity index is 0.000000388. The molecule has 0 radical (unpaired) electrons. The van der Waals surface area contributed by atoms with E-state index in [1.54, 1.807) is 27.7 Å². The van der Waals surface area contributed by atoms with Crippen LogP contribution in [0.1, 0.15) is 33.3 Å². The summed E-state index contributed by atoms with van der Waals surface area (Å²) in [6.07, 6.45) is 0. The van der Waals surface area contributed by atoms with Crippen LogP contribution >= 0.6 is 0 Å². The highest BCUT2D eigenvalue weighted by atomic mass is 15.2. The quantitative estimate of drug-likeness (QED) is 0.749. The van der Waals surface area contributed by atoms with Crippen LogP contribution in [-0.2, 0) is 0 Å². The number of nitrogens with zero attached hydrogens (tertiary/aromatic N) is 4. The summed E-state index contributed by atoms with van der Waals surface area (Å²) >= 11 is 0. The third-order valence-electron chi connectivity index (χ3n) is 2.04. The molecule has 0 bridgehead atoms. The minimum absolute atomic E-state index is 0.839. The molecule has 0 atom stereocenters. The molecule has 4 nitrogen and oxygen atoms in total. The molecule has 0 aliphatic heterocycles. The first-order valence-corrected chi connectivity index (χ1v) is 6.01. The second-order valence-corrected chi connectivity index (χ2v) is 5.20. The van der Waals surface area contributed by atoms with Crippen molar-refractivity contribution in [3.63, 3.8) is 0 Å². The molecule has 0 N–H and O–H groups in total. The molecule has 0 aliphatic rings. The number of hydrogen-bond donors (Lipinski definition) is 0. The van der Waals surface area contributed by atoms with E-state index in [2.05, 4.69) is 29.3 Å². The van der Waals surface area contributed by atoms with Gasteiger partial charge in [0.15, 0.2) is 11.1 Å². The van der Waals surface area contributed by atoms with E-state index in [4.69, 9.17) is 10.5 Å². The van der Waals surface area contributed by atoms with Crippen LogP contribution in [0.3, 0.4) is 0 Å². The summed E-state index contributed by atoms with van der Waals surface area (Å²) in [7, 11) is 0. The molecule has 0 saturated heterocycles. The van der Waals surface area contributed by atoms with Crippen molar-refractivity contribution < 1.29 is 0 Å². The van der Waals surface area contributed by atoms with Crippen molar-refractivity contribution in [2.24, 2.45) is 10.2 Å². The van der Waals surface area contributed by atoms with Gasteiger partial charge in [-0.05, 0) is 34.6 Å². The average molecular weight is 256 g/mol. The highest BCUT2D eigenvalue weighted by molar-refractivity contribution is 5.11. The first-order valence-electron chi connectivity index (χ1n) is 6.01. The second kappa shape index (κ2) is 7.28. The van der Waals surface area contributed by atoms with Gasteiger partial charge in [0.25, 0.3) is 0 Å². The summed E-state index contributed by atoms with van der Waals surface area (Å²) in [5.41, 5.74) is -0.357. The third kappa shape index (κ3) is 8.51. The van der Waals surface area contributed by atoms with Crippen LogP contribution in [0.25, 0.3) is 0 Å². The lowest BCUT2D eigenvalue weighted by Crippen LogP contribution is -2.17. The largest absolute Gasteiger partial charge is 0.196 e. The molecule has 0 unspecified atom stereocenters. The third-order valence-corrected chi connectivity index (χ3v) is 2.04. The molecule has 0 aliphatic carbocycles. The lowest BCUT2D eigenvalue weighted by Gasteiger charge is -2.11. The number of azo groups is 1. The summed E-state index contributed by atoms with van der Waals surface area (Å²) in [5.74, 6) is 0. The van der Waals surface area contributed by atoms with Crippen LogP contribution in [0.2, 0.25) is 0 Å². The molecule has 0 aromatic heterocycles. The Morgan fingerprint density at radius 2 is 1.21 bits per heavy atom. The van der Waals surface area contributed by atoms with Gasteiger partial charge in [0, 0.05) is 0 Å². The zero-order valence-electron chi connectivity index (χ0n) is 12.2. The van der Waals surface area contributed by atoms with Crippen LogP contribution in [-0.4, -0.2) is 11.1 Å². The van der Waals surface area contributed by atoms with Crippen LogP contribution in [0.5, 0.6) is 0 Å². The van der Waals surface area contributed by atoms with Gasteiger partial charge in [-0.1, -0.05) is 35.9 Å². The van der Waals surface area contributed by atoms with Crippen LogP contribution in [0.15, 0.2) is 40.6 Å². The summed E-state index contributed by atoms with van der Waals surface area (Å²) in [4.78, 5) is 0. The molecular weight excluding hydrogens is 236 g/mol. The number of hydrogen-bond acceptors (Lipinski definition) is 4. The SMILES string of the molecule is CC(C)(C#N)/N=N/C(C)(C)C#N.Cc1ccccc1. The molecule has 0 amide bonds. The number of benzene rings is 1. The van der Waals surface area contributed by atoms with E-state index in [0.29, 0.717) is 0 Å². The molecular formula is C15H20N4. The normalized spacial score (nSPS) is 11.1. The molecule has 0 saturated carbocycles. The fraction of sp³-hybridized carbons (Fsp3) is 0.467. The standard InChI is InChI=1S/C8H12N4.C7H8/c1-7(2,5-9)11-12-8(3,4)6-10;1-7-5-3-2-4-6-7/h1-4H3;2-6H,1H3/b12-11+;. The molecule has 1 rings (SSSR count). The summed E-state index contributed by atoms with van der Waals surface area (Å²) < 4.78 is 0. The average Bonchev–Trinajstić information content (AvgIpc) is 2.39.